The van der Waals surface area contributed by atoms with Crippen molar-refractivity contribution in [2.45, 2.75) is 39.3 Å². The van der Waals surface area contributed by atoms with Gasteiger partial charge in [0.2, 0.25) is 5.91 Å². The second-order valence-corrected chi connectivity index (χ2v) is 8.96. The summed E-state index contributed by atoms with van der Waals surface area (Å²) in [4.78, 5) is 25.5. The molecule has 0 aliphatic carbocycles. The zero-order chi connectivity index (χ0) is 22.8. The zero-order valence-electron chi connectivity index (χ0n) is 18.1. The van der Waals surface area contributed by atoms with Crippen molar-refractivity contribution in [3.8, 4) is 16.9 Å². The van der Waals surface area contributed by atoms with Gasteiger partial charge in [-0.05, 0) is 45.0 Å². The molecular formula is C25H24BrN3O3. The van der Waals surface area contributed by atoms with Crippen molar-refractivity contribution >= 4 is 27.8 Å². The second-order valence-electron chi connectivity index (χ2n) is 8.05. The number of aromatic nitrogens is 2. The molecule has 7 heteroatoms. The minimum absolute atomic E-state index is 0.136. The molecule has 1 atom stereocenters. The van der Waals surface area contributed by atoms with Crippen molar-refractivity contribution in [3.05, 3.63) is 82.0 Å². The van der Waals surface area contributed by atoms with Crippen LogP contribution in [0.3, 0.4) is 0 Å². The maximum atomic E-state index is 13.0. The summed E-state index contributed by atoms with van der Waals surface area (Å²) in [5, 5.41) is 7.83. The molecule has 0 bridgehead atoms. The van der Waals surface area contributed by atoms with Crippen molar-refractivity contribution in [1.29, 1.82) is 0 Å². The summed E-state index contributed by atoms with van der Waals surface area (Å²) in [6, 6.07) is 16.9. The molecule has 1 aliphatic heterocycles. The third kappa shape index (κ3) is 4.53. The van der Waals surface area contributed by atoms with Crippen LogP contribution in [-0.2, 0) is 14.3 Å². The number of halogens is 1. The summed E-state index contributed by atoms with van der Waals surface area (Å²) < 4.78 is 8.24. The van der Waals surface area contributed by atoms with Crippen LogP contribution in [0.4, 0.5) is 0 Å². The number of hydrogen-bond donors (Lipinski definition) is 1. The molecule has 1 unspecified atom stereocenters. The second kappa shape index (κ2) is 9.12. The predicted molar refractivity (Wildman–Crippen MR) is 126 cm³/mol. The third-order valence-corrected chi connectivity index (χ3v) is 5.76. The van der Waals surface area contributed by atoms with Gasteiger partial charge in [-0.25, -0.2) is 9.48 Å². The Hall–Kier alpha value is -3.19. The molecule has 1 amide bonds. The number of amides is 1. The van der Waals surface area contributed by atoms with Crippen LogP contribution >= 0.6 is 15.9 Å². The van der Waals surface area contributed by atoms with Crippen molar-refractivity contribution in [1.82, 2.24) is 15.1 Å². The Labute approximate surface area is 195 Å². The van der Waals surface area contributed by atoms with Gasteiger partial charge in [-0.2, -0.15) is 5.10 Å². The molecule has 0 spiro atoms. The Balaban J connectivity index is 1.89. The number of nitrogens with zero attached hydrogens (tertiary/aromatic N) is 2. The lowest BCUT2D eigenvalue weighted by molar-refractivity contribution is -0.143. The number of ether oxygens (including phenoxy) is 1. The highest BCUT2D eigenvalue weighted by atomic mass is 79.9. The van der Waals surface area contributed by atoms with Crippen molar-refractivity contribution in [3.63, 3.8) is 0 Å². The van der Waals surface area contributed by atoms with Crippen LogP contribution in [0.25, 0.3) is 16.9 Å². The van der Waals surface area contributed by atoms with Gasteiger partial charge in [0.1, 0.15) is 0 Å². The van der Waals surface area contributed by atoms with E-state index < -0.39 is 12.0 Å². The number of hydrogen-bond acceptors (Lipinski definition) is 4. The van der Waals surface area contributed by atoms with E-state index >= 15 is 0 Å². The molecule has 1 aromatic heterocycles. The summed E-state index contributed by atoms with van der Waals surface area (Å²) in [7, 11) is 0. The maximum absolute atomic E-state index is 13.0. The highest BCUT2D eigenvalue weighted by Crippen LogP contribution is 2.37. The van der Waals surface area contributed by atoms with Crippen LogP contribution in [0.1, 0.15) is 38.8 Å². The Morgan fingerprint density at radius 2 is 1.84 bits per heavy atom. The molecule has 0 radical (unpaired) electrons. The van der Waals surface area contributed by atoms with Crippen LogP contribution in [-0.4, -0.2) is 27.8 Å². The van der Waals surface area contributed by atoms with Gasteiger partial charge < -0.3 is 10.1 Å². The number of carbonyl (C=O) groups excluding carboxylic acids is 2. The SMILES string of the molecule is CC1=C(C(=O)OC(C)C)C(c2cn(-c3ccccc3)nc2-c2ccc(Br)cc2)NC(=O)C1. The van der Waals surface area contributed by atoms with Gasteiger partial charge in [0.15, 0.2) is 0 Å². The highest BCUT2D eigenvalue weighted by Gasteiger charge is 2.35. The molecular weight excluding hydrogens is 470 g/mol. The van der Waals surface area contributed by atoms with Crippen molar-refractivity contribution < 1.29 is 14.3 Å². The van der Waals surface area contributed by atoms with Gasteiger partial charge in [0.05, 0.1) is 29.1 Å². The van der Waals surface area contributed by atoms with E-state index in [-0.39, 0.29) is 18.4 Å². The summed E-state index contributed by atoms with van der Waals surface area (Å²) in [5.74, 6) is -0.556. The number of benzene rings is 2. The first-order valence-electron chi connectivity index (χ1n) is 10.4. The number of para-hydroxylation sites is 1. The fourth-order valence-corrected chi connectivity index (χ4v) is 4.08. The lowest BCUT2D eigenvalue weighted by Crippen LogP contribution is -2.37. The number of nitrogens with one attached hydrogen (secondary N) is 1. The summed E-state index contributed by atoms with van der Waals surface area (Å²) in [6.07, 6.45) is 1.78. The molecule has 32 heavy (non-hydrogen) atoms. The Morgan fingerprint density at radius 1 is 1.16 bits per heavy atom. The van der Waals surface area contributed by atoms with E-state index in [1.807, 2.05) is 81.6 Å². The van der Waals surface area contributed by atoms with Crippen molar-refractivity contribution in [2.24, 2.45) is 0 Å². The predicted octanol–water partition coefficient (Wildman–Crippen LogP) is 5.13. The minimum atomic E-state index is -0.654. The van der Waals surface area contributed by atoms with Crippen LogP contribution in [0.15, 0.2) is 76.4 Å². The number of carbonyl (C=O) groups is 2. The average molecular weight is 494 g/mol. The molecule has 3 aromatic rings. The van der Waals surface area contributed by atoms with Gasteiger partial charge in [0, 0.05) is 28.2 Å². The standard InChI is InChI=1S/C25H24BrN3O3/c1-15(2)32-25(31)22-16(3)13-21(30)27-24(22)20-14-29(19-7-5-4-6-8-19)28-23(20)17-9-11-18(26)12-10-17/h4-12,14-15,24H,13H2,1-3H3,(H,27,30). The van der Waals surface area contributed by atoms with Gasteiger partial charge in [0.25, 0.3) is 0 Å². The molecule has 2 heterocycles. The molecule has 1 N–H and O–H groups in total. The maximum Gasteiger partial charge on any atom is 0.336 e. The Bertz CT molecular complexity index is 1180. The van der Waals surface area contributed by atoms with Crippen molar-refractivity contribution in [2.75, 3.05) is 0 Å². The first-order chi connectivity index (χ1) is 15.3. The third-order valence-electron chi connectivity index (χ3n) is 5.23. The zero-order valence-corrected chi connectivity index (χ0v) is 19.7. The fraction of sp³-hybridized carbons (Fsp3) is 0.240. The van der Waals surface area contributed by atoms with Gasteiger partial charge in [-0.3, -0.25) is 4.79 Å². The average Bonchev–Trinajstić information content (AvgIpc) is 3.19. The van der Waals surface area contributed by atoms with E-state index in [1.54, 1.807) is 4.68 Å². The Morgan fingerprint density at radius 3 is 2.50 bits per heavy atom. The van der Waals surface area contributed by atoms with Gasteiger partial charge >= 0.3 is 5.97 Å². The molecule has 1 aliphatic rings. The van der Waals surface area contributed by atoms with Gasteiger partial charge in [-0.15, -0.1) is 0 Å². The topological polar surface area (TPSA) is 73.2 Å². The van der Waals surface area contributed by atoms with E-state index in [4.69, 9.17) is 9.84 Å². The fourth-order valence-electron chi connectivity index (χ4n) is 3.81. The van der Waals surface area contributed by atoms with E-state index in [0.717, 1.165) is 21.3 Å². The summed E-state index contributed by atoms with van der Waals surface area (Å²) >= 11 is 3.47. The first kappa shape index (κ1) is 22.0. The molecule has 164 valence electrons. The van der Waals surface area contributed by atoms with Gasteiger partial charge in [-0.1, -0.05) is 51.8 Å². The van der Waals surface area contributed by atoms with E-state index in [1.165, 1.54) is 0 Å². The van der Waals surface area contributed by atoms with Crippen LogP contribution in [0, 0.1) is 0 Å². The van der Waals surface area contributed by atoms with Crippen LogP contribution < -0.4 is 5.32 Å². The molecule has 0 saturated carbocycles. The molecule has 6 nitrogen and oxygen atoms in total. The quantitative estimate of drug-likeness (QED) is 0.499. The Kier molecular flexibility index (Phi) is 6.28. The van der Waals surface area contributed by atoms with E-state index in [0.29, 0.717) is 16.8 Å². The molecule has 4 rings (SSSR count). The van der Waals surface area contributed by atoms with E-state index in [2.05, 4.69) is 21.2 Å². The summed E-state index contributed by atoms with van der Waals surface area (Å²) in [6.45, 7) is 5.43. The van der Waals surface area contributed by atoms with E-state index in [9.17, 15) is 9.59 Å². The molecule has 2 aromatic carbocycles. The lowest BCUT2D eigenvalue weighted by Gasteiger charge is -2.28. The minimum Gasteiger partial charge on any atom is -0.460 e. The lowest BCUT2D eigenvalue weighted by atomic mass is 9.89. The van der Waals surface area contributed by atoms with Crippen LogP contribution in [0.5, 0.6) is 0 Å². The number of rotatable bonds is 5. The summed E-state index contributed by atoms with van der Waals surface area (Å²) in [5.41, 5.74) is 4.36. The molecule has 0 fully saturated rings. The van der Waals surface area contributed by atoms with Crippen LogP contribution in [0.2, 0.25) is 0 Å². The normalized spacial score (nSPS) is 16.3. The molecule has 0 saturated heterocycles. The highest BCUT2D eigenvalue weighted by molar-refractivity contribution is 9.10. The monoisotopic (exact) mass is 493 g/mol. The largest absolute Gasteiger partial charge is 0.460 e. The smallest absolute Gasteiger partial charge is 0.336 e. The number of esters is 1. The first-order valence-corrected chi connectivity index (χ1v) is 11.2.